The minimum absolute atomic E-state index is 0.120. The van der Waals surface area contributed by atoms with E-state index in [0.717, 1.165) is 30.0 Å². The number of ether oxygens (including phenoxy) is 1. The van der Waals surface area contributed by atoms with E-state index in [0.29, 0.717) is 12.3 Å². The number of benzene rings is 1. The Morgan fingerprint density at radius 2 is 2.30 bits per heavy atom. The van der Waals surface area contributed by atoms with Crippen LogP contribution in [0.25, 0.3) is 0 Å². The van der Waals surface area contributed by atoms with E-state index in [4.69, 9.17) is 4.74 Å². The molecule has 1 aromatic heterocycles. The van der Waals surface area contributed by atoms with E-state index in [1.807, 2.05) is 23.6 Å². The number of carbonyl (C=O) groups excluding carboxylic acids is 1. The van der Waals surface area contributed by atoms with Crippen LogP contribution in [0.15, 0.2) is 35.7 Å². The Morgan fingerprint density at radius 3 is 3.09 bits per heavy atom. The number of hydrogen-bond acceptors (Lipinski definition) is 3. The molecule has 0 saturated heterocycles. The number of aryl methyl sites for hydroxylation is 1. The van der Waals surface area contributed by atoms with Crippen molar-refractivity contribution in [3.8, 4) is 5.75 Å². The number of amides is 1. The lowest BCUT2D eigenvalue weighted by molar-refractivity contribution is -0.120. The fourth-order valence-electron chi connectivity index (χ4n) is 3.32. The summed E-state index contributed by atoms with van der Waals surface area (Å²) >= 11 is 1.63. The van der Waals surface area contributed by atoms with E-state index in [1.165, 1.54) is 24.0 Å². The highest BCUT2D eigenvalue weighted by molar-refractivity contribution is 7.10. The van der Waals surface area contributed by atoms with Crippen molar-refractivity contribution in [2.24, 2.45) is 0 Å². The zero-order valence-electron chi connectivity index (χ0n) is 13.5. The van der Waals surface area contributed by atoms with Crippen LogP contribution in [-0.2, 0) is 17.6 Å². The molecule has 1 heterocycles. The highest BCUT2D eigenvalue weighted by atomic mass is 32.1. The molecular weight excluding hydrogens is 306 g/mol. The number of fused-ring (bicyclic) bond motifs is 1. The minimum atomic E-state index is 0.120. The molecule has 1 atom stereocenters. The Hall–Kier alpha value is -1.81. The molecule has 4 heteroatoms. The van der Waals surface area contributed by atoms with Gasteiger partial charge in [-0.15, -0.1) is 11.3 Å². The first-order valence-corrected chi connectivity index (χ1v) is 9.10. The summed E-state index contributed by atoms with van der Waals surface area (Å²) < 4.78 is 5.36. The normalized spacial score (nSPS) is 16.7. The van der Waals surface area contributed by atoms with Crippen LogP contribution < -0.4 is 10.1 Å². The molecule has 122 valence electrons. The average Bonchev–Trinajstić information content (AvgIpc) is 3.07. The number of carbonyl (C=O) groups is 1. The third kappa shape index (κ3) is 4.14. The minimum Gasteiger partial charge on any atom is -0.497 e. The predicted octanol–water partition coefficient (Wildman–Crippen LogP) is 3.93. The van der Waals surface area contributed by atoms with Crippen LogP contribution in [-0.4, -0.2) is 19.6 Å². The van der Waals surface area contributed by atoms with E-state index >= 15 is 0 Å². The van der Waals surface area contributed by atoms with Crippen LogP contribution in [0.2, 0.25) is 0 Å². The summed E-state index contributed by atoms with van der Waals surface area (Å²) in [5, 5.41) is 5.07. The molecule has 1 aliphatic carbocycles. The van der Waals surface area contributed by atoms with Crippen molar-refractivity contribution >= 4 is 17.2 Å². The maximum absolute atomic E-state index is 12.0. The highest BCUT2D eigenvalue weighted by Gasteiger charge is 2.20. The van der Waals surface area contributed by atoms with Gasteiger partial charge in [-0.05, 0) is 66.3 Å². The Kier molecular flexibility index (Phi) is 5.34. The Balaban J connectivity index is 1.54. The lowest BCUT2D eigenvalue weighted by atomic mass is 9.81. The van der Waals surface area contributed by atoms with Crippen molar-refractivity contribution in [2.75, 3.05) is 13.7 Å². The number of methoxy groups -OCH3 is 1. The van der Waals surface area contributed by atoms with E-state index in [-0.39, 0.29) is 5.91 Å². The molecule has 1 aliphatic rings. The molecule has 0 bridgehead atoms. The highest BCUT2D eigenvalue weighted by Crippen LogP contribution is 2.35. The van der Waals surface area contributed by atoms with Gasteiger partial charge in [-0.1, -0.05) is 12.1 Å². The second kappa shape index (κ2) is 7.64. The van der Waals surface area contributed by atoms with Crippen LogP contribution in [0.3, 0.4) is 0 Å². The Labute approximate surface area is 141 Å². The lowest BCUT2D eigenvalue weighted by Gasteiger charge is -2.26. The average molecular weight is 329 g/mol. The fraction of sp³-hybridized carbons (Fsp3) is 0.421. The summed E-state index contributed by atoms with van der Waals surface area (Å²) in [7, 11) is 1.71. The van der Waals surface area contributed by atoms with Gasteiger partial charge in [0.15, 0.2) is 0 Å². The summed E-state index contributed by atoms with van der Waals surface area (Å²) in [6.45, 7) is 0.742. The van der Waals surface area contributed by atoms with Gasteiger partial charge in [0.05, 0.1) is 13.5 Å². The molecule has 3 rings (SSSR count). The quantitative estimate of drug-likeness (QED) is 0.872. The van der Waals surface area contributed by atoms with Crippen LogP contribution in [0.5, 0.6) is 5.75 Å². The van der Waals surface area contributed by atoms with E-state index in [2.05, 4.69) is 17.4 Å². The van der Waals surface area contributed by atoms with Gasteiger partial charge in [-0.3, -0.25) is 4.79 Å². The number of rotatable bonds is 6. The maximum atomic E-state index is 12.0. The summed E-state index contributed by atoms with van der Waals surface area (Å²) in [5.74, 6) is 1.57. The Morgan fingerprint density at radius 1 is 1.39 bits per heavy atom. The predicted molar refractivity (Wildman–Crippen MR) is 94.3 cm³/mol. The van der Waals surface area contributed by atoms with Crippen molar-refractivity contribution < 1.29 is 9.53 Å². The van der Waals surface area contributed by atoms with Crippen LogP contribution in [0.1, 0.15) is 41.2 Å². The van der Waals surface area contributed by atoms with Crippen molar-refractivity contribution in [3.05, 3.63) is 51.7 Å². The molecule has 1 N–H and O–H groups in total. The molecule has 1 unspecified atom stereocenters. The molecule has 0 fully saturated rings. The molecule has 2 aromatic rings. The first-order valence-electron chi connectivity index (χ1n) is 8.22. The SMILES string of the molecule is COc1ccc2c(c1)C(CCNC(=O)Cc1cccs1)CCC2. The van der Waals surface area contributed by atoms with Gasteiger partial charge in [-0.25, -0.2) is 0 Å². The Bertz CT molecular complexity index is 651. The van der Waals surface area contributed by atoms with Crippen molar-refractivity contribution in [1.29, 1.82) is 0 Å². The second-order valence-corrected chi connectivity index (χ2v) is 7.08. The van der Waals surface area contributed by atoms with Crippen LogP contribution in [0, 0.1) is 0 Å². The first-order chi connectivity index (χ1) is 11.3. The van der Waals surface area contributed by atoms with Gasteiger partial charge in [0.2, 0.25) is 5.91 Å². The van der Waals surface area contributed by atoms with Gasteiger partial charge in [0.25, 0.3) is 0 Å². The lowest BCUT2D eigenvalue weighted by Crippen LogP contribution is -2.27. The molecular formula is C19H23NO2S. The molecule has 0 radical (unpaired) electrons. The van der Waals surface area contributed by atoms with Gasteiger partial charge >= 0.3 is 0 Å². The van der Waals surface area contributed by atoms with E-state index in [9.17, 15) is 4.79 Å². The van der Waals surface area contributed by atoms with E-state index in [1.54, 1.807) is 18.4 Å². The van der Waals surface area contributed by atoms with E-state index < -0.39 is 0 Å². The van der Waals surface area contributed by atoms with Gasteiger partial charge < -0.3 is 10.1 Å². The van der Waals surface area contributed by atoms with Crippen LogP contribution in [0.4, 0.5) is 0 Å². The molecule has 3 nitrogen and oxygen atoms in total. The number of thiophene rings is 1. The molecule has 0 aliphatic heterocycles. The van der Waals surface area contributed by atoms with Crippen molar-refractivity contribution in [1.82, 2.24) is 5.32 Å². The largest absolute Gasteiger partial charge is 0.497 e. The van der Waals surface area contributed by atoms with Gasteiger partial charge in [0, 0.05) is 11.4 Å². The first kappa shape index (κ1) is 16.1. The van der Waals surface area contributed by atoms with Gasteiger partial charge in [-0.2, -0.15) is 0 Å². The topological polar surface area (TPSA) is 38.3 Å². The molecule has 0 spiro atoms. The van der Waals surface area contributed by atoms with Gasteiger partial charge in [0.1, 0.15) is 5.75 Å². The second-order valence-electron chi connectivity index (χ2n) is 6.05. The van der Waals surface area contributed by atoms with Crippen molar-refractivity contribution in [2.45, 2.75) is 38.0 Å². The standard InChI is InChI=1S/C19H23NO2S/c1-22-16-8-7-14-4-2-5-15(18(14)12-16)9-10-20-19(21)13-17-6-3-11-23-17/h3,6-8,11-12,15H,2,4-5,9-10,13H2,1H3,(H,20,21). The smallest absolute Gasteiger partial charge is 0.225 e. The fourth-order valence-corrected chi connectivity index (χ4v) is 4.03. The zero-order valence-corrected chi connectivity index (χ0v) is 14.3. The third-order valence-electron chi connectivity index (χ3n) is 4.52. The van der Waals surface area contributed by atoms with Crippen LogP contribution >= 0.6 is 11.3 Å². The zero-order chi connectivity index (χ0) is 16.1. The summed E-state index contributed by atoms with van der Waals surface area (Å²) in [5.41, 5.74) is 2.84. The summed E-state index contributed by atoms with van der Waals surface area (Å²) in [4.78, 5) is 13.1. The number of hydrogen-bond donors (Lipinski definition) is 1. The molecule has 0 saturated carbocycles. The van der Waals surface area contributed by atoms with Crippen molar-refractivity contribution in [3.63, 3.8) is 0 Å². The summed E-state index contributed by atoms with van der Waals surface area (Å²) in [6.07, 6.45) is 5.07. The molecule has 1 aromatic carbocycles. The third-order valence-corrected chi connectivity index (χ3v) is 5.40. The number of nitrogens with one attached hydrogen (secondary N) is 1. The maximum Gasteiger partial charge on any atom is 0.225 e. The monoisotopic (exact) mass is 329 g/mol. The molecule has 1 amide bonds. The summed E-state index contributed by atoms with van der Waals surface area (Å²) in [6, 6.07) is 10.4. The molecule has 23 heavy (non-hydrogen) atoms.